The highest BCUT2D eigenvalue weighted by Gasteiger charge is 2.38. The summed E-state index contributed by atoms with van der Waals surface area (Å²) in [6.07, 6.45) is 1.80. The van der Waals surface area contributed by atoms with Crippen molar-refractivity contribution in [3.63, 3.8) is 0 Å². The van der Waals surface area contributed by atoms with Crippen molar-refractivity contribution in [1.29, 1.82) is 0 Å². The van der Waals surface area contributed by atoms with Gasteiger partial charge in [0.05, 0.1) is 25.3 Å². The van der Waals surface area contributed by atoms with E-state index in [1.54, 1.807) is 31.0 Å². The molecule has 124 valence electrons. The number of nitrogens with one attached hydrogen (secondary N) is 1. The van der Waals surface area contributed by atoms with E-state index in [9.17, 15) is 14.4 Å². The summed E-state index contributed by atoms with van der Waals surface area (Å²) < 4.78 is 4.66. The molecule has 0 saturated carbocycles. The maximum absolute atomic E-state index is 12.3. The molecule has 2 heterocycles. The Labute approximate surface area is 135 Å². The molecular formula is C16H21N3O4. The molecule has 1 aliphatic rings. The minimum Gasteiger partial charge on any atom is -0.467 e. The van der Waals surface area contributed by atoms with Crippen LogP contribution in [0.1, 0.15) is 26.0 Å². The Morgan fingerprint density at radius 2 is 2.17 bits per heavy atom. The number of methoxy groups -OCH3 is 1. The molecule has 1 atom stereocenters. The summed E-state index contributed by atoms with van der Waals surface area (Å²) in [5.41, 5.74) is -0.347. The summed E-state index contributed by atoms with van der Waals surface area (Å²) >= 11 is 0. The van der Waals surface area contributed by atoms with Crippen molar-refractivity contribution >= 4 is 17.8 Å². The van der Waals surface area contributed by atoms with E-state index < -0.39 is 17.4 Å². The maximum Gasteiger partial charge on any atom is 0.330 e. The molecule has 1 aromatic rings. The second kappa shape index (κ2) is 6.76. The van der Waals surface area contributed by atoms with E-state index in [2.05, 4.69) is 15.0 Å². The van der Waals surface area contributed by atoms with Gasteiger partial charge in [0.1, 0.15) is 5.54 Å². The highest BCUT2D eigenvalue weighted by Crippen LogP contribution is 2.21. The molecule has 2 rings (SSSR count). The van der Waals surface area contributed by atoms with E-state index in [4.69, 9.17) is 0 Å². The number of nitrogens with zero attached hydrogens (tertiary/aromatic N) is 2. The zero-order valence-corrected chi connectivity index (χ0v) is 13.5. The van der Waals surface area contributed by atoms with Gasteiger partial charge in [-0.1, -0.05) is 6.07 Å². The summed E-state index contributed by atoms with van der Waals surface area (Å²) in [4.78, 5) is 41.8. The van der Waals surface area contributed by atoms with Gasteiger partial charge < -0.3 is 15.0 Å². The fourth-order valence-corrected chi connectivity index (χ4v) is 2.50. The lowest BCUT2D eigenvalue weighted by molar-refractivity contribution is -0.149. The Bertz CT molecular complexity index is 601. The van der Waals surface area contributed by atoms with Gasteiger partial charge in [-0.2, -0.15) is 0 Å². The SMILES string of the molecule is COC(=O)C(C)(C)NC(=O)[C@@H]1CC(=O)N(Cc2ccccn2)C1. The summed E-state index contributed by atoms with van der Waals surface area (Å²) in [5.74, 6) is -1.42. The Morgan fingerprint density at radius 3 is 2.78 bits per heavy atom. The molecule has 1 aliphatic heterocycles. The first-order chi connectivity index (χ1) is 10.8. The van der Waals surface area contributed by atoms with Crippen LogP contribution in [0, 0.1) is 5.92 Å². The molecule has 0 radical (unpaired) electrons. The third-order valence-electron chi connectivity index (χ3n) is 3.80. The first-order valence-corrected chi connectivity index (χ1v) is 7.41. The van der Waals surface area contributed by atoms with Crippen LogP contribution in [0.15, 0.2) is 24.4 Å². The zero-order valence-electron chi connectivity index (χ0n) is 13.5. The average Bonchev–Trinajstić information content (AvgIpc) is 2.88. The van der Waals surface area contributed by atoms with Crippen molar-refractivity contribution in [2.45, 2.75) is 32.4 Å². The standard InChI is InChI=1S/C16H21N3O4/c1-16(2,15(22)23-3)18-14(21)11-8-13(20)19(9-11)10-12-6-4-5-7-17-12/h4-7,11H,8-10H2,1-3H3,(H,18,21)/t11-/m1/s1. The molecule has 0 spiro atoms. The molecule has 2 amide bonds. The molecule has 0 bridgehead atoms. The van der Waals surface area contributed by atoms with Gasteiger partial charge in [-0.25, -0.2) is 4.79 Å². The lowest BCUT2D eigenvalue weighted by Gasteiger charge is -2.24. The summed E-state index contributed by atoms with van der Waals surface area (Å²) in [7, 11) is 1.27. The number of hydrogen-bond acceptors (Lipinski definition) is 5. The number of ether oxygens (including phenoxy) is 1. The third-order valence-corrected chi connectivity index (χ3v) is 3.80. The molecule has 1 N–H and O–H groups in total. The minimum atomic E-state index is -1.12. The molecule has 0 unspecified atom stereocenters. The van der Waals surface area contributed by atoms with Gasteiger partial charge in [-0.15, -0.1) is 0 Å². The molecule has 7 nitrogen and oxygen atoms in total. The first kappa shape index (κ1) is 16.9. The zero-order chi connectivity index (χ0) is 17.0. The van der Waals surface area contributed by atoms with E-state index in [0.29, 0.717) is 13.1 Å². The number of hydrogen-bond donors (Lipinski definition) is 1. The van der Waals surface area contributed by atoms with Crippen LogP contribution in [0.5, 0.6) is 0 Å². The van der Waals surface area contributed by atoms with E-state index in [1.807, 2.05) is 12.1 Å². The fraction of sp³-hybridized carbons (Fsp3) is 0.500. The normalized spacial score (nSPS) is 18.0. The average molecular weight is 319 g/mol. The van der Waals surface area contributed by atoms with E-state index in [-0.39, 0.29) is 18.2 Å². The van der Waals surface area contributed by atoms with E-state index >= 15 is 0 Å². The van der Waals surface area contributed by atoms with Crippen molar-refractivity contribution in [3.8, 4) is 0 Å². The summed E-state index contributed by atoms with van der Waals surface area (Å²) in [5, 5.41) is 2.65. The largest absolute Gasteiger partial charge is 0.467 e. The van der Waals surface area contributed by atoms with Gasteiger partial charge in [0.15, 0.2) is 0 Å². The van der Waals surface area contributed by atoms with Gasteiger partial charge in [0.25, 0.3) is 0 Å². The van der Waals surface area contributed by atoms with Crippen LogP contribution in [0.4, 0.5) is 0 Å². The minimum absolute atomic E-state index is 0.0910. The van der Waals surface area contributed by atoms with Crippen LogP contribution < -0.4 is 5.32 Å². The number of rotatable bonds is 5. The van der Waals surface area contributed by atoms with Crippen LogP contribution in [-0.4, -0.2) is 46.9 Å². The topological polar surface area (TPSA) is 88.6 Å². The van der Waals surface area contributed by atoms with Gasteiger partial charge in [0.2, 0.25) is 11.8 Å². The predicted molar refractivity (Wildman–Crippen MR) is 82.0 cm³/mol. The van der Waals surface area contributed by atoms with Gasteiger partial charge in [0, 0.05) is 19.2 Å². The van der Waals surface area contributed by atoms with Crippen molar-refractivity contribution < 1.29 is 19.1 Å². The Hall–Kier alpha value is -2.44. The lowest BCUT2D eigenvalue weighted by Crippen LogP contribution is -2.52. The molecular weight excluding hydrogens is 298 g/mol. The Kier molecular flexibility index (Phi) is 4.98. The Morgan fingerprint density at radius 1 is 1.43 bits per heavy atom. The highest BCUT2D eigenvalue weighted by molar-refractivity contribution is 5.92. The molecule has 1 fully saturated rings. The third kappa shape index (κ3) is 4.06. The van der Waals surface area contributed by atoms with Gasteiger partial charge in [-0.05, 0) is 26.0 Å². The fourth-order valence-electron chi connectivity index (χ4n) is 2.50. The van der Waals surface area contributed by atoms with Crippen LogP contribution in [0.3, 0.4) is 0 Å². The lowest BCUT2D eigenvalue weighted by atomic mass is 10.0. The van der Waals surface area contributed by atoms with Crippen molar-refractivity contribution in [1.82, 2.24) is 15.2 Å². The molecule has 0 aliphatic carbocycles. The number of carbonyl (C=O) groups is 3. The highest BCUT2D eigenvalue weighted by atomic mass is 16.5. The van der Waals surface area contributed by atoms with Crippen LogP contribution in [0.2, 0.25) is 0 Å². The number of carbonyl (C=O) groups excluding carboxylic acids is 3. The number of amides is 2. The van der Waals surface area contributed by atoms with Crippen LogP contribution in [0.25, 0.3) is 0 Å². The van der Waals surface area contributed by atoms with E-state index in [1.165, 1.54) is 7.11 Å². The van der Waals surface area contributed by atoms with Crippen LogP contribution in [-0.2, 0) is 25.7 Å². The summed E-state index contributed by atoms with van der Waals surface area (Å²) in [6.45, 7) is 3.83. The first-order valence-electron chi connectivity index (χ1n) is 7.41. The van der Waals surface area contributed by atoms with Crippen molar-refractivity contribution in [2.24, 2.45) is 5.92 Å². The van der Waals surface area contributed by atoms with Crippen LogP contribution >= 0.6 is 0 Å². The van der Waals surface area contributed by atoms with Gasteiger partial charge >= 0.3 is 5.97 Å². The quantitative estimate of drug-likeness (QED) is 0.798. The van der Waals surface area contributed by atoms with Gasteiger partial charge in [-0.3, -0.25) is 14.6 Å². The number of pyridine rings is 1. The monoisotopic (exact) mass is 319 g/mol. The predicted octanol–water partition coefficient (Wildman–Crippen LogP) is 0.498. The Balaban J connectivity index is 1.96. The van der Waals surface area contributed by atoms with Crippen molar-refractivity contribution in [2.75, 3.05) is 13.7 Å². The molecule has 23 heavy (non-hydrogen) atoms. The number of aromatic nitrogens is 1. The number of esters is 1. The number of likely N-dealkylation sites (tertiary alicyclic amines) is 1. The molecule has 7 heteroatoms. The summed E-state index contributed by atoms with van der Waals surface area (Å²) in [6, 6.07) is 5.49. The molecule has 1 aromatic heterocycles. The maximum atomic E-state index is 12.3. The second-order valence-electron chi connectivity index (χ2n) is 6.10. The smallest absolute Gasteiger partial charge is 0.330 e. The second-order valence-corrected chi connectivity index (χ2v) is 6.10. The molecule has 0 aromatic carbocycles. The van der Waals surface area contributed by atoms with E-state index in [0.717, 1.165) is 5.69 Å². The molecule has 1 saturated heterocycles. The van der Waals surface area contributed by atoms with Crippen molar-refractivity contribution in [3.05, 3.63) is 30.1 Å².